The number of benzene rings is 1. The van der Waals surface area contributed by atoms with Crippen LogP contribution in [0.1, 0.15) is 17.7 Å². The molecule has 1 unspecified atom stereocenters. The van der Waals surface area contributed by atoms with Gasteiger partial charge in [-0.25, -0.2) is 13.6 Å². The van der Waals surface area contributed by atoms with Crippen LogP contribution in [0.15, 0.2) is 46.7 Å². The minimum absolute atomic E-state index is 0.0174. The molecule has 1 aliphatic heterocycles. The van der Waals surface area contributed by atoms with Crippen LogP contribution >= 0.6 is 11.3 Å². The molecule has 1 aromatic carbocycles. The number of ether oxygens (including phenoxy) is 1. The summed E-state index contributed by atoms with van der Waals surface area (Å²) in [5, 5.41) is 9.94. The number of thiophene rings is 1. The van der Waals surface area contributed by atoms with E-state index in [4.69, 9.17) is 9.88 Å². The summed E-state index contributed by atoms with van der Waals surface area (Å²) in [5.41, 5.74) is 0.542. The third kappa shape index (κ3) is 6.12. The summed E-state index contributed by atoms with van der Waals surface area (Å²) in [6, 6.07) is 9.93. The second kappa shape index (κ2) is 8.94. The van der Waals surface area contributed by atoms with Gasteiger partial charge in [-0.1, -0.05) is 6.07 Å². The Morgan fingerprint density at radius 2 is 2.07 bits per heavy atom. The lowest BCUT2D eigenvalue weighted by Crippen LogP contribution is -3.12. The Morgan fingerprint density at radius 1 is 1.30 bits per heavy atom. The molecule has 9 heteroatoms. The molecule has 146 valence electrons. The standard InChI is InChI=1S/C18H23N3O4S2/c19-27(23,24)17-7-5-14(6-8-17)20-18(22)13-21(11-15-3-1-9-25-15)12-16-4-2-10-26-16/h2,4-8,10,15H,1,3,9,11-13H2,(H,20,22)(H2,19,23,24)/p+1/t15-/m0/s1. The first kappa shape index (κ1) is 20.0. The molecule has 1 aliphatic rings. The van der Waals surface area contributed by atoms with Gasteiger partial charge in [-0.2, -0.15) is 0 Å². The first-order valence-electron chi connectivity index (χ1n) is 8.80. The van der Waals surface area contributed by atoms with Crippen LogP contribution in [-0.4, -0.2) is 40.1 Å². The van der Waals surface area contributed by atoms with E-state index in [1.165, 1.54) is 29.1 Å². The number of hydrogen-bond donors (Lipinski definition) is 3. The van der Waals surface area contributed by atoms with Crippen molar-refractivity contribution in [3.8, 4) is 0 Å². The number of rotatable bonds is 8. The molecule has 0 spiro atoms. The van der Waals surface area contributed by atoms with Gasteiger partial charge in [-0.3, -0.25) is 4.79 Å². The van der Waals surface area contributed by atoms with Crippen LogP contribution in [0.4, 0.5) is 5.69 Å². The van der Waals surface area contributed by atoms with Gasteiger partial charge in [0, 0.05) is 12.3 Å². The average Bonchev–Trinajstić information content (AvgIpc) is 3.28. The van der Waals surface area contributed by atoms with Gasteiger partial charge < -0.3 is 15.0 Å². The van der Waals surface area contributed by atoms with Gasteiger partial charge in [0.2, 0.25) is 10.0 Å². The molecular formula is C18H24N3O4S2+. The zero-order valence-electron chi connectivity index (χ0n) is 14.9. The Morgan fingerprint density at radius 3 is 2.67 bits per heavy atom. The highest BCUT2D eigenvalue weighted by Crippen LogP contribution is 2.13. The van der Waals surface area contributed by atoms with Crippen molar-refractivity contribution < 1.29 is 22.8 Å². The second-order valence-corrected chi connectivity index (χ2v) is 9.23. The molecule has 2 atom stereocenters. The van der Waals surface area contributed by atoms with E-state index >= 15 is 0 Å². The Hall–Kier alpha value is -1.78. The maximum absolute atomic E-state index is 12.5. The molecule has 7 nitrogen and oxygen atoms in total. The van der Waals surface area contributed by atoms with Gasteiger partial charge in [0.25, 0.3) is 5.91 Å². The van der Waals surface area contributed by atoms with E-state index in [0.29, 0.717) is 12.2 Å². The fraction of sp³-hybridized carbons (Fsp3) is 0.389. The normalized spacial score (nSPS) is 18.3. The molecule has 0 bridgehead atoms. The molecule has 0 saturated carbocycles. The molecule has 1 saturated heterocycles. The largest absolute Gasteiger partial charge is 0.372 e. The monoisotopic (exact) mass is 410 g/mol. The molecule has 1 fully saturated rings. The minimum atomic E-state index is -3.74. The number of anilines is 1. The number of carbonyl (C=O) groups is 1. The van der Waals surface area contributed by atoms with Crippen molar-refractivity contribution in [2.75, 3.05) is 25.0 Å². The summed E-state index contributed by atoms with van der Waals surface area (Å²) < 4.78 is 28.3. The molecule has 3 rings (SSSR count). The third-order valence-electron chi connectivity index (χ3n) is 4.42. The maximum Gasteiger partial charge on any atom is 0.279 e. The van der Waals surface area contributed by atoms with Crippen LogP contribution in [0.25, 0.3) is 0 Å². The van der Waals surface area contributed by atoms with Crippen LogP contribution in [0.3, 0.4) is 0 Å². The van der Waals surface area contributed by atoms with Crippen LogP contribution in [0, 0.1) is 0 Å². The molecule has 0 aliphatic carbocycles. The number of primary sulfonamides is 1. The van der Waals surface area contributed by atoms with Crippen LogP contribution in [0.5, 0.6) is 0 Å². The minimum Gasteiger partial charge on any atom is -0.372 e. The van der Waals surface area contributed by atoms with Gasteiger partial charge in [0.05, 0.1) is 9.77 Å². The van der Waals surface area contributed by atoms with Gasteiger partial charge in [-0.05, 0) is 48.6 Å². The Labute approximate surface area is 163 Å². The Bertz CT molecular complexity index is 845. The summed E-state index contributed by atoms with van der Waals surface area (Å²) in [6.45, 7) is 2.67. The zero-order chi connectivity index (χ0) is 19.3. The number of nitrogens with two attached hydrogens (primary N) is 1. The lowest BCUT2D eigenvalue weighted by molar-refractivity contribution is -0.908. The SMILES string of the molecule is NS(=O)(=O)c1ccc(NC(=O)C[NH+](Cc2cccs2)C[C@@H]2CCCO2)cc1. The topological polar surface area (TPSA) is 103 Å². The smallest absolute Gasteiger partial charge is 0.279 e. The van der Waals surface area contributed by atoms with Crippen molar-refractivity contribution in [3.05, 3.63) is 46.7 Å². The lowest BCUT2D eigenvalue weighted by Gasteiger charge is -2.21. The number of nitrogens with one attached hydrogen (secondary N) is 2. The number of sulfonamides is 1. The number of quaternary nitrogens is 1. The van der Waals surface area contributed by atoms with E-state index in [1.54, 1.807) is 11.3 Å². The highest BCUT2D eigenvalue weighted by atomic mass is 32.2. The molecule has 1 amide bonds. The lowest BCUT2D eigenvalue weighted by atomic mass is 10.2. The summed E-state index contributed by atoms with van der Waals surface area (Å²) in [7, 11) is -3.74. The van der Waals surface area contributed by atoms with Crippen molar-refractivity contribution in [1.29, 1.82) is 0 Å². The molecule has 0 radical (unpaired) electrons. The highest BCUT2D eigenvalue weighted by molar-refractivity contribution is 7.89. The van der Waals surface area contributed by atoms with Crippen LogP contribution in [-0.2, 0) is 26.1 Å². The maximum atomic E-state index is 12.5. The molecular weight excluding hydrogens is 386 g/mol. The van der Waals surface area contributed by atoms with Crippen LogP contribution < -0.4 is 15.4 Å². The van der Waals surface area contributed by atoms with E-state index in [9.17, 15) is 13.2 Å². The van der Waals surface area contributed by atoms with Crippen molar-refractivity contribution in [2.45, 2.75) is 30.4 Å². The number of carbonyl (C=O) groups excluding carboxylic acids is 1. The Balaban J connectivity index is 1.60. The van der Waals surface area contributed by atoms with Gasteiger partial charge >= 0.3 is 0 Å². The van der Waals surface area contributed by atoms with Gasteiger partial charge in [-0.15, -0.1) is 11.3 Å². The first-order valence-corrected chi connectivity index (χ1v) is 11.2. The van der Waals surface area contributed by atoms with E-state index in [1.807, 2.05) is 11.4 Å². The summed E-state index contributed by atoms with van der Waals surface area (Å²) in [6.07, 6.45) is 2.30. The second-order valence-electron chi connectivity index (χ2n) is 6.64. The van der Waals surface area contributed by atoms with Crippen molar-refractivity contribution >= 4 is 33.0 Å². The molecule has 2 aromatic rings. The first-order chi connectivity index (χ1) is 12.9. The number of hydrogen-bond acceptors (Lipinski definition) is 5. The molecule has 27 heavy (non-hydrogen) atoms. The van der Waals surface area contributed by atoms with E-state index in [2.05, 4.69) is 11.4 Å². The van der Waals surface area contributed by atoms with Crippen LogP contribution in [0.2, 0.25) is 0 Å². The molecule has 4 N–H and O–H groups in total. The quantitative estimate of drug-likeness (QED) is 0.593. The Kier molecular flexibility index (Phi) is 6.61. The van der Waals surface area contributed by atoms with Crippen molar-refractivity contribution in [2.24, 2.45) is 5.14 Å². The zero-order valence-corrected chi connectivity index (χ0v) is 16.5. The predicted octanol–water partition coefficient (Wildman–Crippen LogP) is 0.598. The van der Waals surface area contributed by atoms with E-state index in [-0.39, 0.29) is 16.9 Å². The highest BCUT2D eigenvalue weighted by Gasteiger charge is 2.24. The fourth-order valence-corrected chi connectivity index (χ4v) is 4.45. The van der Waals surface area contributed by atoms with Crippen molar-refractivity contribution in [1.82, 2.24) is 0 Å². The van der Waals surface area contributed by atoms with Gasteiger partial charge in [0.15, 0.2) is 6.54 Å². The summed E-state index contributed by atoms with van der Waals surface area (Å²) in [4.78, 5) is 14.9. The molecule has 2 heterocycles. The molecule has 1 aromatic heterocycles. The fourth-order valence-electron chi connectivity index (χ4n) is 3.15. The van der Waals surface area contributed by atoms with Crippen molar-refractivity contribution in [3.63, 3.8) is 0 Å². The van der Waals surface area contributed by atoms with Gasteiger partial charge in [0.1, 0.15) is 19.2 Å². The van der Waals surface area contributed by atoms with E-state index < -0.39 is 10.0 Å². The summed E-state index contributed by atoms with van der Waals surface area (Å²) >= 11 is 1.68. The third-order valence-corrected chi connectivity index (χ3v) is 6.23. The number of amides is 1. The van der Waals surface area contributed by atoms with E-state index in [0.717, 1.165) is 37.4 Å². The average molecular weight is 411 g/mol. The summed E-state index contributed by atoms with van der Waals surface area (Å²) in [5.74, 6) is -0.122. The predicted molar refractivity (Wildman–Crippen MR) is 104 cm³/mol.